The molecule has 11 aromatic carbocycles. The van der Waals surface area contributed by atoms with E-state index in [1.807, 2.05) is 6.07 Å². The first-order chi connectivity index (χ1) is 40.9. The molecule has 0 amide bonds. The van der Waals surface area contributed by atoms with E-state index in [0.717, 1.165) is 61.5 Å². The van der Waals surface area contributed by atoms with Gasteiger partial charge in [-0.3, -0.25) is 0 Å². The van der Waals surface area contributed by atoms with Crippen LogP contribution < -0.4 is 31.1 Å². The summed E-state index contributed by atoms with van der Waals surface area (Å²) in [7, 11) is 0. The van der Waals surface area contributed by atoms with Crippen LogP contribution in [0.1, 0.15) is 90.1 Å². The first-order valence-corrected chi connectivity index (χ1v) is 30.2. The van der Waals surface area contributed by atoms with Gasteiger partial charge in [-0.05, 0) is 175 Å². The maximum Gasteiger partial charge on any atom is 0.252 e. The van der Waals surface area contributed by atoms with Gasteiger partial charge in [-0.15, -0.1) is 0 Å². The molecule has 0 unspecified atom stereocenters. The third-order valence-electron chi connectivity index (χ3n) is 18.1. The van der Waals surface area contributed by atoms with E-state index in [9.17, 15) is 0 Å². The fraction of sp³-hybridized carbons (Fsp3) is 0.175. The van der Waals surface area contributed by atoms with Gasteiger partial charge in [-0.1, -0.05) is 226 Å². The van der Waals surface area contributed by atoms with Gasteiger partial charge in [0.2, 0.25) is 0 Å². The lowest BCUT2D eigenvalue weighted by Crippen LogP contribution is -2.62. The Hall–Kier alpha value is -9.32. The second-order valence-corrected chi connectivity index (χ2v) is 26.6. The van der Waals surface area contributed by atoms with Gasteiger partial charge in [0.05, 0.1) is 0 Å². The Labute approximate surface area is 502 Å². The molecule has 4 nitrogen and oxygen atoms in total. The van der Waals surface area contributed by atoms with Gasteiger partial charge in [-0.25, -0.2) is 0 Å². The third-order valence-corrected chi connectivity index (χ3v) is 18.1. The fourth-order valence-electron chi connectivity index (χ4n) is 13.9. The first kappa shape index (κ1) is 53.7. The van der Waals surface area contributed by atoms with Crippen molar-refractivity contribution in [3.63, 3.8) is 0 Å². The van der Waals surface area contributed by atoms with Gasteiger partial charge < -0.3 is 19.1 Å². The molecule has 0 saturated carbocycles. The number of hydrogen-bond acceptors (Lipinski definition) is 4. The Kier molecular flexibility index (Phi) is 12.8. The second-order valence-electron chi connectivity index (χ2n) is 26.6. The molecule has 5 heteroatoms. The highest BCUT2D eigenvalue weighted by molar-refractivity contribution is 7.00. The van der Waals surface area contributed by atoms with Crippen molar-refractivity contribution in [1.82, 2.24) is 0 Å². The molecule has 0 aliphatic carbocycles. The molecular formula is C80H72BN3O. The molecule has 85 heavy (non-hydrogen) atoms. The second kappa shape index (κ2) is 20.2. The Morgan fingerprint density at radius 1 is 0.376 bits per heavy atom. The Bertz CT molecular complexity index is 4440. The predicted molar refractivity (Wildman–Crippen MR) is 364 cm³/mol. The zero-order chi connectivity index (χ0) is 58.7. The van der Waals surface area contributed by atoms with E-state index in [2.05, 4.69) is 321 Å². The quantitative estimate of drug-likeness (QED) is 0.141. The summed E-state index contributed by atoms with van der Waals surface area (Å²) < 4.78 is 6.66. The number of anilines is 9. The van der Waals surface area contributed by atoms with Gasteiger partial charge in [0.1, 0.15) is 11.2 Å². The Morgan fingerprint density at radius 2 is 0.882 bits per heavy atom. The molecule has 2 aliphatic rings. The number of nitrogens with zero attached hydrogens (tertiary/aromatic N) is 3. The zero-order valence-corrected chi connectivity index (χ0v) is 50.8. The molecule has 0 bridgehead atoms. The first-order valence-electron chi connectivity index (χ1n) is 30.2. The van der Waals surface area contributed by atoms with E-state index >= 15 is 0 Å². The maximum absolute atomic E-state index is 6.66. The third kappa shape index (κ3) is 9.15. The molecule has 14 rings (SSSR count). The zero-order valence-electron chi connectivity index (χ0n) is 50.8. The molecule has 2 aliphatic heterocycles. The molecule has 0 atom stereocenters. The summed E-state index contributed by atoms with van der Waals surface area (Å²) in [5.74, 6) is 0. The van der Waals surface area contributed by atoms with Crippen LogP contribution in [0, 0.1) is 13.8 Å². The number of para-hydroxylation sites is 2. The molecule has 0 fully saturated rings. The summed E-state index contributed by atoms with van der Waals surface area (Å²) in [5.41, 5.74) is 29.3. The van der Waals surface area contributed by atoms with Crippen molar-refractivity contribution < 1.29 is 4.42 Å². The van der Waals surface area contributed by atoms with Crippen LogP contribution in [0.25, 0.3) is 55.3 Å². The van der Waals surface area contributed by atoms with Gasteiger partial charge in [-0.2, -0.15) is 0 Å². The summed E-state index contributed by atoms with van der Waals surface area (Å²) in [6.07, 6.45) is 0. The van der Waals surface area contributed by atoms with Crippen molar-refractivity contribution in [3.05, 3.63) is 264 Å². The maximum atomic E-state index is 6.66. The van der Waals surface area contributed by atoms with Crippen LogP contribution in [0.5, 0.6) is 0 Å². The van der Waals surface area contributed by atoms with Crippen LogP contribution >= 0.6 is 0 Å². The van der Waals surface area contributed by atoms with Crippen molar-refractivity contribution in [1.29, 1.82) is 0 Å². The minimum Gasteiger partial charge on any atom is -0.455 e. The minimum absolute atomic E-state index is 0.00395. The summed E-state index contributed by atoms with van der Waals surface area (Å²) in [6, 6.07) is 87.9. The molecule has 416 valence electrons. The number of rotatable bonds is 8. The van der Waals surface area contributed by atoms with Gasteiger partial charge in [0, 0.05) is 67.5 Å². The van der Waals surface area contributed by atoms with E-state index < -0.39 is 0 Å². The molecule has 0 spiro atoms. The van der Waals surface area contributed by atoms with Crippen molar-refractivity contribution in [2.75, 3.05) is 14.7 Å². The number of fused-ring (bicyclic) bond motifs is 7. The molecule has 0 saturated heterocycles. The summed E-state index contributed by atoms with van der Waals surface area (Å²) in [5, 5.41) is 2.25. The molecule has 0 N–H and O–H groups in total. The number of benzene rings is 11. The van der Waals surface area contributed by atoms with Crippen LogP contribution in [-0.2, 0) is 16.2 Å². The van der Waals surface area contributed by atoms with Crippen LogP contribution in [0.4, 0.5) is 51.2 Å². The van der Waals surface area contributed by atoms with Gasteiger partial charge in [0.25, 0.3) is 6.71 Å². The monoisotopic (exact) mass is 1100 g/mol. The highest BCUT2D eigenvalue weighted by Gasteiger charge is 2.46. The summed E-state index contributed by atoms with van der Waals surface area (Å²) in [6.45, 7) is 25.8. The molecular weight excluding hydrogens is 1030 g/mol. The van der Waals surface area contributed by atoms with Crippen molar-refractivity contribution >= 4 is 96.2 Å². The highest BCUT2D eigenvalue weighted by atomic mass is 16.3. The SMILES string of the molecule is Cc1c(C(C)(C)C)ccc2c1N(c1ccc(C(C)(C)C)cc1)c1c(C)c(C(C)(C)C)cc3c1B2c1ccc(N(c2ccc(-c4ccccc4)cc2)c2ccc(-c4ccccc4)cc2)cc1N3c1ccc(-c2cccc3c2oc2ccccc23)cc1. The average molecular weight is 1100 g/mol. The van der Waals surface area contributed by atoms with Crippen molar-refractivity contribution in [2.24, 2.45) is 0 Å². The highest BCUT2D eigenvalue weighted by Crippen LogP contribution is 2.51. The summed E-state index contributed by atoms with van der Waals surface area (Å²) >= 11 is 0. The lowest BCUT2D eigenvalue weighted by atomic mass is 9.33. The topological polar surface area (TPSA) is 22.9 Å². The lowest BCUT2D eigenvalue weighted by molar-refractivity contribution is 0.586. The van der Waals surface area contributed by atoms with Crippen LogP contribution in [0.3, 0.4) is 0 Å². The smallest absolute Gasteiger partial charge is 0.252 e. The Morgan fingerprint density at radius 3 is 1.48 bits per heavy atom. The van der Waals surface area contributed by atoms with Crippen molar-refractivity contribution in [3.8, 4) is 33.4 Å². The average Bonchev–Trinajstić information content (AvgIpc) is 1.48. The summed E-state index contributed by atoms with van der Waals surface area (Å²) in [4.78, 5) is 7.68. The van der Waals surface area contributed by atoms with E-state index in [1.165, 1.54) is 89.2 Å². The number of hydrogen-bond donors (Lipinski definition) is 0. The molecule has 1 aromatic heterocycles. The van der Waals surface area contributed by atoms with Crippen LogP contribution in [0.15, 0.2) is 241 Å². The van der Waals surface area contributed by atoms with E-state index in [-0.39, 0.29) is 23.0 Å². The van der Waals surface area contributed by atoms with Gasteiger partial charge in [0.15, 0.2) is 0 Å². The van der Waals surface area contributed by atoms with Gasteiger partial charge >= 0.3 is 0 Å². The predicted octanol–water partition coefficient (Wildman–Crippen LogP) is 20.6. The molecule has 3 heterocycles. The standard InChI is InChI=1S/C80H72BN3O/c1-51-67(79(6,7)8)46-48-70-75(51)84(62-43-35-58(36-44-62)78(3,4)5)76-52(2)68(80(9,10)11)50-72-74(76)81(70)69-47-45-63(49-71(69)83(72)61-41-33-57(34-42-61)64-26-20-27-66-65-25-18-19-28-73(65)85-77(64)66)82(59-37-29-55(30-38-59)53-21-14-12-15-22-53)60-39-31-56(32-40-60)54-23-16-13-17-24-54/h12-50H,1-11H3. The lowest BCUT2D eigenvalue weighted by Gasteiger charge is -2.47. The molecule has 0 radical (unpaired) electrons. The Balaban J connectivity index is 1.03. The van der Waals surface area contributed by atoms with E-state index in [0.29, 0.717) is 0 Å². The molecule has 12 aromatic rings. The largest absolute Gasteiger partial charge is 0.455 e. The number of furan rings is 1. The van der Waals surface area contributed by atoms with E-state index in [1.54, 1.807) is 0 Å². The fourth-order valence-corrected chi connectivity index (χ4v) is 13.9. The van der Waals surface area contributed by atoms with Crippen LogP contribution in [0.2, 0.25) is 0 Å². The normalized spacial score (nSPS) is 13.0. The van der Waals surface area contributed by atoms with E-state index in [4.69, 9.17) is 4.42 Å². The van der Waals surface area contributed by atoms with Crippen LogP contribution in [-0.4, -0.2) is 6.71 Å². The minimum atomic E-state index is -0.201. The van der Waals surface area contributed by atoms with Crippen molar-refractivity contribution in [2.45, 2.75) is 92.4 Å².